The van der Waals surface area contributed by atoms with E-state index in [-0.39, 0.29) is 42.7 Å². The minimum absolute atomic E-state index is 0.0682. The number of aldehydes is 1. The van der Waals surface area contributed by atoms with Crippen LogP contribution in [0.15, 0.2) is 18.3 Å². The van der Waals surface area contributed by atoms with Crippen molar-refractivity contribution >= 4 is 35.5 Å². The molecule has 13 heteroatoms. The molecule has 2 aromatic heterocycles. The van der Waals surface area contributed by atoms with Crippen molar-refractivity contribution in [1.29, 1.82) is 5.26 Å². The number of anilines is 3. The number of rotatable bonds is 9. The molecule has 1 unspecified atom stereocenters. The van der Waals surface area contributed by atoms with Crippen molar-refractivity contribution in [2.45, 2.75) is 31.5 Å². The second kappa shape index (κ2) is 12.6. The molecule has 4 rings (SSSR count). The van der Waals surface area contributed by atoms with Gasteiger partial charge in [-0.25, -0.2) is 14.8 Å². The molecule has 0 spiro atoms. The van der Waals surface area contributed by atoms with Crippen molar-refractivity contribution in [3.8, 4) is 6.07 Å². The van der Waals surface area contributed by atoms with E-state index in [1.807, 2.05) is 6.07 Å². The number of nitrogens with zero attached hydrogens (tertiary/aromatic N) is 5. The van der Waals surface area contributed by atoms with Crippen molar-refractivity contribution < 1.29 is 28.6 Å². The standard InChI is InChI=1S/C26H31N7O6/c1-32(24(35)15-37-2)11-17-7-16-5-4-6-33(25(16)30-20(17)12-34)26(36)31-23-8-19(18(9-27)10-28-23)29-21-13-39-14-22(21)38-3/h7-8,10,12,21-22H,4-6,11,13-15H2,1-3H3,(H2,28,29,31,36)/t21?,22-/m1/s1. The first-order chi connectivity index (χ1) is 18.9. The number of carbonyl (C=O) groups excluding carboxylic acids is 3. The number of fused-ring (bicyclic) bond motifs is 1. The zero-order valence-corrected chi connectivity index (χ0v) is 22.1. The van der Waals surface area contributed by atoms with Crippen molar-refractivity contribution in [2.75, 3.05) is 63.2 Å². The fourth-order valence-corrected chi connectivity index (χ4v) is 4.57. The van der Waals surface area contributed by atoms with E-state index < -0.39 is 6.03 Å². The van der Waals surface area contributed by atoms with Gasteiger partial charge in [0.2, 0.25) is 5.91 Å². The molecule has 0 aromatic carbocycles. The molecule has 206 valence electrons. The molecule has 2 atom stereocenters. The lowest BCUT2D eigenvalue weighted by atomic mass is 10.0. The van der Waals surface area contributed by atoms with E-state index in [2.05, 4.69) is 26.7 Å². The molecular formula is C26H31N7O6. The molecule has 2 aliphatic heterocycles. The molecule has 0 radical (unpaired) electrons. The van der Waals surface area contributed by atoms with Crippen LogP contribution in [0, 0.1) is 11.3 Å². The SMILES string of the molecule is COCC(=O)N(C)Cc1cc2c(nc1C=O)N(C(=O)Nc1cc(NC3COC[C@H]3OC)c(C#N)cn1)CCC2. The number of hydrogen-bond donors (Lipinski definition) is 2. The number of carbonyl (C=O) groups is 3. The van der Waals surface area contributed by atoms with E-state index in [0.29, 0.717) is 61.5 Å². The van der Waals surface area contributed by atoms with Gasteiger partial charge < -0.3 is 24.4 Å². The molecule has 1 fully saturated rings. The molecule has 0 bridgehead atoms. The van der Waals surface area contributed by atoms with E-state index in [1.54, 1.807) is 20.2 Å². The number of nitriles is 1. The molecular weight excluding hydrogens is 506 g/mol. The fourth-order valence-electron chi connectivity index (χ4n) is 4.57. The largest absolute Gasteiger partial charge is 0.377 e. The predicted molar refractivity (Wildman–Crippen MR) is 141 cm³/mol. The highest BCUT2D eigenvalue weighted by atomic mass is 16.5. The number of aryl methyl sites for hydroxylation is 1. The van der Waals surface area contributed by atoms with Gasteiger partial charge >= 0.3 is 6.03 Å². The smallest absolute Gasteiger partial charge is 0.328 e. The van der Waals surface area contributed by atoms with Gasteiger partial charge in [-0.3, -0.25) is 19.8 Å². The summed E-state index contributed by atoms with van der Waals surface area (Å²) in [6.45, 7) is 1.37. The Morgan fingerprint density at radius 2 is 2.15 bits per heavy atom. The number of urea groups is 1. The van der Waals surface area contributed by atoms with Crippen LogP contribution in [0.4, 0.5) is 22.1 Å². The second-order valence-electron chi connectivity index (χ2n) is 9.29. The van der Waals surface area contributed by atoms with E-state index in [9.17, 15) is 19.6 Å². The third-order valence-corrected chi connectivity index (χ3v) is 6.66. The summed E-state index contributed by atoms with van der Waals surface area (Å²) in [5.74, 6) is 0.399. The summed E-state index contributed by atoms with van der Waals surface area (Å²) >= 11 is 0. The minimum Gasteiger partial charge on any atom is -0.377 e. The van der Waals surface area contributed by atoms with Crippen LogP contribution in [-0.4, -0.2) is 92.9 Å². The molecule has 2 N–H and O–H groups in total. The third kappa shape index (κ3) is 6.31. The molecule has 13 nitrogen and oxygen atoms in total. The van der Waals surface area contributed by atoms with Gasteiger partial charge in [-0.1, -0.05) is 0 Å². The van der Waals surface area contributed by atoms with Crippen LogP contribution in [0.2, 0.25) is 0 Å². The Kier molecular flexibility index (Phi) is 9.03. The number of likely N-dealkylation sites (N-methyl/N-ethyl adjacent to an activating group) is 1. The normalized spacial score (nSPS) is 18.2. The van der Waals surface area contributed by atoms with Gasteiger partial charge in [0.25, 0.3) is 0 Å². The topological polar surface area (TPSA) is 159 Å². The molecule has 0 saturated carbocycles. The van der Waals surface area contributed by atoms with Crippen molar-refractivity contribution in [3.05, 3.63) is 40.7 Å². The maximum atomic E-state index is 13.3. The summed E-state index contributed by atoms with van der Waals surface area (Å²) in [5, 5.41) is 15.6. The van der Waals surface area contributed by atoms with Gasteiger partial charge in [-0.2, -0.15) is 5.26 Å². The first-order valence-electron chi connectivity index (χ1n) is 12.4. The van der Waals surface area contributed by atoms with Crippen molar-refractivity contribution in [3.63, 3.8) is 0 Å². The van der Waals surface area contributed by atoms with E-state index in [4.69, 9.17) is 14.2 Å². The predicted octanol–water partition coefficient (Wildman–Crippen LogP) is 1.58. The molecule has 2 aliphatic rings. The molecule has 39 heavy (non-hydrogen) atoms. The number of pyridine rings is 2. The number of ether oxygens (including phenoxy) is 3. The van der Waals surface area contributed by atoms with E-state index in [0.717, 1.165) is 5.56 Å². The second-order valence-corrected chi connectivity index (χ2v) is 9.29. The highest BCUT2D eigenvalue weighted by Crippen LogP contribution is 2.29. The summed E-state index contributed by atoms with van der Waals surface area (Å²) in [6.07, 6.45) is 3.19. The summed E-state index contributed by atoms with van der Waals surface area (Å²) < 4.78 is 15.8. The van der Waals surface area contributed by atoms with Crippen LogP contribution in [0.5, 0.6) is 0 Å². The average Bonchev–Trinajstić information content (AvgIpc) is 3.39. The van der Waals surface area contributed by atoms with Crippen LogP contribution >= 0.6 is 0 Å². The number of methoxy groups -OCH3 is 2. The zero-order chi connectivity index (χ0) is 27.9. The molecule has 0 aliphatic carbocycles. The Balaban J connectivity index is 1.53. The van der Waals surface area contributed by atoms with Crippen LogP contribution in [0.3, 0.4) is 0 Å². The maximum absolute atomic E-state index is 13.3. The molecule has 2 aromatic rings. The Hall–Kier alpha value is -4.12. The number of amides is 3. The highest BCUT2D eigenvalue weighted by molar-refractivity contribution is 6.02. The quantitative estimate of drug-likeness (QED) is 0.450. The fraction of sp³-hybridized carbons (Fsp3) is 0.462. The zero-order valence-electron chi connectivity index (χ0n) is 22.1. The van der Waals surface area contributed by atoms with Crippen molar-refractivity contribution in [1.82, 2.24) is 14.9 Å². The number of aromatic nitrogens is 2. The Bertz CT molecular complexity index is 1280. The van der Waals surface area contributed by atoms with Crippen LogP contribution < -0.4 is 15.5 Å². The van der Waals surface area contributed by atoms with Gasteiger partial charge in [0.05, 0.1) is 30.5 Å². The first kappa shape index (κ1) is 27.9. The van der Waals surface area contributed by atoms with Crippen LogP contribution in [-0.2, 0) is 32.0 Å². The third-order valence-electron chi connectivity index (χ3n) is 6.66. The monoisotopic (exact) mass is 537 g/mol. The maximum Gasteiger partial charge on any atom is 0.328 e. The molecule has 4 heterocycles. The minimum atomic E-state index is -0.470. The highest BCUT2D eigenvalue weighted by Gasteiger charge is 2.30. The summed E-state index contributed by atoms with van der Waals surface area (Å²) in [4.78, 5) is 49.0. The summed E-state index contributed by atoms with van der Waals surface area (Å²) in [6, 6.07) is 4.88. The number of hydrogen-bond acceptors (Lipinski definition) is 10. The summed E-state index contributed by atoms with van der Waals surface area (Å²) in [5.41, 5.74) is 2.36. The first-order valence-corrected chi connectivity index (χ1v) is 12.4. The summed E-state index contributed by atoms with van der Waals surface area (Å²) in [7, 11) is 4.66. The lowest BCUT2D eigenvalue weighted by Crippen LogP contribution is -2.40. The van der Waals surface area contributed by atoms with Gasteiger partial charge in [-0.05, 0) is 24.5 Å². The molecule has 3 amide bonds. The number of nitrogens with one attached hydrogen (secondary N) is 2. The Morgan fingerprint density at radius 1 is 1.33 bits per heavy atom. The van der Waals surface area contributed by atoms with Gasteiger partial charge in [-0.15, -0.1) is 0 Å². The molecule has 1 saturated heterocycles. The van der Waals surface area contributed by atoms with Gasteiger partial charge in [0.1, 0.15) is 36.1 Å². The van der Waals surface area contributed by atoms with Gasteiger partial charge in [0, 0.05) is 52.2 Å². The van der Waals surface area contributed by atoms with Crippen LogP contribution in [0.25, 0.3) is 0 Å². The van der Waals surface area contributed by atoms with Gasteiger partial charge in [0.15, 0.2) is 6.29 Å². The van der Waals surface area contributed by atoms with E-state index in [1.165, 1.54) is 23.1 Å². The Labute approximate surface area is 226 Å². The Morgan fingerprint density at radius 3 is 2.87 bits per heavy atom. The average molecular weight is 538 g/mol. The van der Waals surface area contributed by atoms with E-state index >= 15 is 0 Å². The lowest BCUT2D eigenvalue weighted by molar-refractivity contribution is -0.134. The van der Waals surface area contributed by atoms with Crippen LogP contribution in [0.1, 0.15) is 33.6 Å². The lowest BCUT2D eigenvalue weighted by Gasteiger charge is -2.29. The van der Waals surface area contributed by atoms with Crippen molar-refractivity contribution in [2.24, 2.45) is 0 Å².